The number of halogens is 1. The molecule has 0 fully saturated rings. The molecule has 0 spiro atoms. The maximum absolute atomic E-state index is 12.5. The normalized spacial score (nSPS) is 14.1. The van der Waals surface area contributed by atoms with E-state index in [-0.39, 0.29) is 22.3 Å². The summed E-state index contributed by atoms with van der Waals surface area (Å²) >= 11 is 6.06. The highest BCUT2D eigenvalue weighted by atomic mass is 35.5. The molecule has 0 saturated heterocycles. The number of aromatic hydroxyl groups is 1. The van der Waals surface area contributed by atoms with Crippen molar-refractivity contribution >= 4 is 28.9 Å². The predicted molar refractivity (Wildman–Crippen MR) is 84.4 cm³/mol. The van der Waals surface area contributed by atoms with Crippen LogP contribution in [-0.2, 0) is 0 Å². The van der Waals surface area contributed by atoms with Gasteiger partial charge in [-0.05, 0) is 18.6 Å². The first-order valence-corrected chi connectivity index (χ1v) is 7.01. The maximum atomic E-state index is 12.5. The van der Waals surface area contributed by atoms with Gasteiger partial charge in [-0.2, -0.15) is 0 Å². The number of carbonyl (C=O) groups excluding carboxylic acids is 2. The number of fused-ring (bicyclic) bond motifs is 1. The van der Waals surface area contributed by atoms with Gasteiger partial charge in [0.2, 0.25) is 11.6 Å². The molecule has 1 aliphatic carbocycles. The second-order valence-electron chi connectivity index (χ2n) is 5.02. The van der Waals surface area contributed by atoms with Gasteiger partial charge in [-0.15, -0.1) is 0 Å². The average Bonchev–Trinajstić information content (AvgIpc) is 2.53. The topological polar surface area (TPSA) is 66.4 Å². The lowest BCUT2D eigenvalue weighted by molar-refractivity contribution is 0.0982. The number of phenols is 1. The Morgan fingerprint density at radius 1 is 1.00 bits per heavy atom. The zero-order valence-electron chi connectivity index (χ0n) is 11.7. The monoisotopic (exact) mass is 313 g/mol. The fourth-order valence-electron chi connectivity index (χ4n) is 2.29. The number of Topliss-reactive ketones (excluding diaryl/α,β-unsaturated/α-hetero) is 2. The Hall–Kier alpha value is -2.59. The molecule has 2 N–H and O–H groups in total. The molecule has 22 heavy (non-hydrogen) atoms. The lowest BCUT2D eigenvalue weighted by Gasteiger charge is -2.19. The van der Waals surface area contributed by atoms with Crippen molar-refractivity contribution in [3.63, 3.8) is 0 Å². The molecule has 0 aliphatic heterocycles. The molecule has 0 heterocycles. The number of rotatable bonds is 2. The standard InChI is InChI=1S/C17H12ClNO3/c1-9-6-7-10(8-13(9)20)19-15-14(18)16(21)11-4-2-3-5-12(11)17(15)22/h2-8,19-20H,1H3. The number of benzene rings is 2. The van der Waals surface area contributed by atoms with Crippen LogP contribution in [-0.4, -0.2) is 16.7 Å². The Labute approximate surface area is 132 Å². The van der Waals surface area contributed by atoms with E-state index in [4.69, 9.17) is 11.6 Å². The van der Waals surface area contributed by atoms with Gasteiger partial charge in [0.05, 0.1) is 0 Å². The van der Waals surface area contributed by atoms with E-state index in [0.717, 1.165) is 0 Å². The lowest BCUT2D eigenvalue weighted by Crippen LogP contribution is -2.24. The van der Waals surface area contributed by atoms with Crippen LogP contribution < -0.4 is 5.32 Å². The molecule has 0 radical (unpaired) electrons. The quantitative estimate of drug-likeness (QED) is 0.888. The zero-order chi connectivity index (χ0) is 15.9. The van der Waals surface area contributed by atoms with E-state index >= 15 is 0 Å². The molecular formula is C17H12ClNO3. The Bertz CT molecular complexity index is 840. The molecule has 2 aromatic rings. The number of anilines is 1. The molecule has 110 valence electrons. The van der Waals surface area contributed by atoms with Gasteiger partial charge < -0.3 is 10.4 Å². The third-order valence-electron chi connectivity index (χ3n) is 3.54. The smallest absolute Gasteiger partial charge is 0.211 e. The van der Waals surface area contributed by atoms with E-state index in [1.54, 1.807) is 43.3 Å². The molecule has 1 aliphatic rings. The van der Waals surface area contributed by atoms with Crippen molar-refractivity contribution in [3.8, 4) is 5.75 Å². The van der Waals surface area contributed by atoms with Crippen LogP contribution in [0.3, 0.4) is 0 Å². The summed E-state index contributed by atoms with van der Waals surface area (Å²) in [4.78, 5) is 24.8. The maximum Gasteiger partial charge on any atom is 0.211 e. The molecule has 0 unspecified atom stereocenters. The molecule has 0 aromatic heterocycles. The van der Waals surface area contributed by atoms with Crippen molar-refractivity contribution in [3.05, 3.63) is 69.9 Å². The van der Waals surface area contributed by atoms with Crippen LogP contribution in [0.25, 0.3) is 0 Å². The molecular weight excluding hydrogens is 302 g/mol. The minimum Gasteiger partial charge on any atom is -0.508 e. The first-order chi connectivity index (χ1) is 10.5. The summed E-state index contributed by atoms with van der Waals surface area (Å²) in [7, 11) is 0. The fourth-order valence-corrected chi connectivity index (χ4v) is 2.52. The first kappa shape index (κ1) is 14.4. The van der Waals surface area contributed by atoms with E-state index in [0.29, 0.717) is 22.4 Å². The van der Waals surface area contributed by atoms with Gasteiger partial charge in [0.25, 0.3) is 0 Å². The van der Waals surface area contributed by atoms with E-state index in [2.05, 4.69) is 5.32 Å². The Morgan fingerprint density at radius 3 is 2.27 bits per heavy atom. The molecule has 0 bridgehead atoms. The van der Waals surface area contributed by atoms with Crippen LogP contribution in [0, 0.1) is 6.92 Å². The molecule has 0 amide bonds. The summed E-state index contributed by atoms with van der Waals surface area (Å²) in [5.74, 6) is -0.646. The van der Waals surface area contributed by atoms with Gasteiger partial charge >= 0.3 is 0 Å². The number of carbonyl (C=O) groups is 2. The second kappa shape index (κ2) is 5.31. The van der Waals surface area contributed by atoms with E-state index in [1.165, 1.54) is 6.07 Å². The van der Waals surface area contributed by atoms with Gasteiger partial charge in [-0.3, -0.25) is 9.59 Å². The van der Waals surface area contributed by atoms with E-state index in [1.807, 2.05) is 0 Å². The number of hydrogen-bond acceptors (Lipinski definition) is 4. The number of hydrogen-bond donors (Lipinski definition) is 2. The largest absolute Gasteiger partial charge is 0.508 e. The molecule has 4 nitrogen and oxygen atoms in total. The van der Waals surface area contributed by atoms with Crippen molar-refractivity contribution in [2.24, 2.45) is 0 Å². The highest BCUT2D eigenvalue weighted by Gasteiger charge is 2.31. The van der Waals surface area contributed by atoms with Gasteiger partial charge in [-0.1, -0.05) is 41.9 Å². The number of allylic oxidation sites excluding steroid dienone is 2. The summed E-state index contributed by atoms with van der Waals surface area (Å²) in [6.45, 7) is 1.76. The summed E-state index contributed by atoms with van der Waals surface area (Å²) in [6.07, 6.45) is 0. The van der Waals surface area contributed by atoms with Crippen LogP contribution in [0.15, 0.2) is 53.2 Å². The molecule has 3 rings (SSSR count). The summed E-state index contributed by atoms with van der Waals surface area (Å²) < 4.78 is 0. The summed E-state index contributed by atoms with van der Waals surface area (Å²) in [5, 5.41) is 12.4. The highest BCUT2D eigenvalue weighted by Crippen LogP contribution is 2.30. The summed E-state index contributed by atoms with van der Waals surface area (Å²) in [6, 6.07) is 11.4. The van der Waals surface area contributed by atoms with Gasteiger partial charge in [0.1, 0.15) is 16.5 Å². The van der Waals surface area contributed by atoms with Crippen molar-refractivity contribution < 1.29 is 14.7 Å². The molecule has 0 atom stereocenters. The summed E-state index contributed by atoms with van der Waals surface area (Å²) in [5.41, 5.74) is 1.83. The van der Waals surface area contributed by atoms with Crippen LogP contribution in [0.5, 0.6) is 5.75 Å². The third kappa shape index (κ3) is 2.27. The number of aryl methyl sites for hydroxylation is 1. The van der Waals surface area contributed by atoms with Gasteiger partial charge in [-0.25, -0.2) is 0 Å². The van der Waals surface area contributed by atoms with Crippen molar-refractivity contribution in [2.75, 3.05) is 5.32 Å². The van der Waals surface area contributed by atoms with Crippen molar-refractivity contribution in [2.45, 2.75) is 6.92 Å². The average molecular weight is 314 g/mol. The van der Waals surface area contributed by atoms with Crippen LogP contribution in [0.1, 0.15) is 26.3 Å². The first-order valence-electron chi connectivity index (χ1n) is 6.64. The predicted octanol–water partition coefficient (Wildman–Crippen LogP) is 3.64. The number of phenolic OH excluding ortho intramolecular Hbond substituents is 1. The van der Waals surface area contributed by atoms with Gasteiger partial charge in [0, 0.05) is 22.9 Å². The zero-order valence-corrected chi connectivity index (χ0v) is 12.4. The van der Waals surface area contributed by atoms with Gasteiger partial charge in [0.15, 0.2) is 0 Å². The van der Waals surface area contributed by atoms with Crippen molar-refractivity contribution in [1.82, 2.24) is 0 Å². The highest BCUT2D eigenvalue weighted by molar-refractivity contribution is 6.50. The number of ketones is 2. The van der Waals surface area contributed by atoms with Crippen LogP contribution in [0.2, 0.25) is 0 Å². The SMILES string of the molecule is Cc1ccc(NC2=C(Cl)C(=O)c3ccccc3C2=O)cc1O. The fraction of sp³-hybridized carbons (Fsp3) is 0.0588. The van der Waals surface area contributed by atoms with Crippen LogP contribution in [0.4, 0.5) is 5.69 Å². The van der Waals surface area contributed by atoms with E-state index < -0.39 is 5.78 Å². The third-order valence-corrected chi connectivity index (χ3v) is 3.90. The lowest BCUT2D eigenvalue weighted by atomic mass is 9.92. The van der Waals surface area contributed by atoms with Crippen molar-refractivity contribution in [1.29, 1.82) is 0 Å². The molecule has 0 saturated carbocycles. The Kier molecular flexibility index (Phi) is 3.47. The molecule has 5 heteroatoms. The second-order valence-corrected chi connectivity index (χ2v) is 5.40. The number of nitrogens with one attached hydrogen (secondary N) is 1. The Balaban J connectivity index is 2.03. The molecule has 2 aromatic carbocycles. The minimum atomic E-state index is -0.393. The van der Waals surface area contributed by atoms with E-state index in [9.17, 15) is 14.7 Å². The Morgan fingerprint density at radius 2 is 1.64 bits per heavy atom. The minimum absolute atomic E-state index is 0.0219. The van der Waals surface area contributed by atoms with Crippen LogP contribution >= 0.6 is 11.6 Å².